The normalized spacial score (nSPS) is 16.7. The Bertz CT molecular complexity index is 879. The fourth-order valence-electron chi connectivity index (χ4n) is 3.21. The van der Waals surface area contributed by atoms with Crippen molar-refractivity contribution >= 4 is 23.6 Å². The number of nitro groups is 1. The molecule has 26 heavy (non-hydrogen) atoms. The number of nitrogens with zero attached hydrogens (tertiary/aromatic N) is 3. The quantitative estimate of drug-likeness (QED) is 0.649. The maximum absolute atomic E-state index is 12.3. The molecule has 1 fully saturated rings. The number of aryl methyl sites for hydroxylation is 1. The number of nitrogens with one attached hydrogen (secondary N) is 1. The molecule has 4 rings (SSSR count). The number of amides is 2. The number of aromatic nitrogens is 1. The van der Waals surface area contributed by atoms with E-state index in [0.717, 1.165) is 43.0 Å². The van der Waals surface area contributed by atoms with Crippen molar-refractivity contribution in [3.8, 4) is 0 Å². The van der Waals surface area contributed by atoms with Gasteiger partial charge in [-0.1, -0.05) is 5.16 Å². The minimum Gasteiger partial charge on any atom is -0.395 e. The zero-order chi connectivity index (χ0) is 18.3. The summed E-state index contributed by atoms with van der Waals surface area (Å²) in [4.78, 5) is 35.8. The second-order valence-electron chi connectivity index (χ2n) is 6.44. The Balaban J connectivity index is 1.34. The van der Waals surface area contributed by atoms with Crippen molar-refractivity contribution in [1.82, 2.24) is 10.1 Å². The molecule has 0 bridgehead atoms. The third kappa shape index (κ3) is 2.83. The lowest BCUT2D eigenvalue weighted by molar-refractivity contribution is -0.402. The summed E-state index contributed by atoms with van der Waals surface area (Å²) in [6, 6.07) is 2.39. The van der Waals surface area contributed by atoms with Crippen molar-refractivity contribution in [2.24, 2.45) is 5.92 Å². The lowest BCUT2D eigenvalue weighted by atomic mass is 9.96. The third-order valence-corrected chi connectivity index (χ3v) is 4.72. The number of hydrogen-bond donors (Lipinski definition) is 1. The standard InChI is InChI=1S/C16H16N4O6/c21-14(17-15-10-3-1-2-4-11(10)18-26-15)9-7-19(8-9)16(22)12-5-6-13(25-12)20(23)24/h5-6,9H,1-4,7-8H2,(H,17,21). The van der Waals surface area contributed by atoms with Gasteiger partial charge in [0.25, 0.3) is 5.91 Å². The van der Waals surface area contributed by atoms with E-state index in [2.05, 4.69) is 10.5 Å². The summed E-state index contributed by atoms with van der Waals surface area (Å²) < 4.78 is 10.1. The molecule has 1 aliphatic heterocycles. The second kappa shape index (κ2) is 6.28. The molecule has 3 heterocycles. The smallest absolute Gasteiger partial charge is 0.395 e. The fraction of sp³-hybridized carbons (Fsp3) is 0.438. The van der Waals surface area contributed by atoms with Crippen LogP contribution in [0.1, 0.15) is 34.7 Å². The van der Waals surface area contributed by atoms with Crippen molar-refractivity contribution in [3.63, 3.8) is 0 Å². The molecule has 0 spiro atoms. The largest absolute Gasteiger partial charge is 0.433 e. The van der Waals surface area contributed by atoms with E-state index in [9.17, 15) is 19.7 Å². The fourth-order valence-corrected chi connectivity index (χ4v) is 3.21. The van der Waals surface area contributed by atoms with Crippen LogP contribution in [0.2, 0.25) is 0 Å². The van der Waals surface area contributed by atoms with Gasteiger partial charge in [0, 0.05) is 18.7 Å². The molecule has 0 radical (unpaired) electrons. The Hall–Kier alpha value is -3.17. The topological polar surface area (TPSA) is 132 Å². The molecule has 2 aliphatic rings. The average molecular weight is 360 g/mol. The van der Waals surface area contributed by atoms with Crippen LogP contribution in [0.4, 0.5) is 11.8 Å². The molecule has 0 saturated carbocycles. The minimum atomic E-state index is -0.707. The van der Waals surface area contributed by atoms with Gasteiger partial charge < -0.3 is 13.8 Å². The molecule has 1 saturated heterocycles. The van der Waals surface area contributed by atoms with Gasteiger partial charge in [-0.3, -0.25) is 25.0 Å². The maximum Gasteiger partial charge on any atom is 0.433 e. The second-order valence-corrected chi connectivity index (χ2v) is 6.44. The summed E-state index contributed by atoms with van der Waals surface area (Å²) in [6.07, 6.45) is 3.80. The molecule has 0 unspecified atom stereocenters. The van der Waals surface area contributed by atoms with E-state index in [1.54, 1.807) is 0 Å². The van der Waals surface area contributed by atoms with Gasteiger partial charge in [0.15, 0.2) is 5.76 Å². The van der Waals surface area contributed by atoms with E-state index in [0.29, 0.717) is 5.88 Å². The molecule has 0 atom stereocenters. The molecule has 1 aliphatic carbocycles. The SMILES string of the molecule is O=C(Nc1onc2c1CCCC2)C1CN(C(=O)c2ccc([N+](=O)[O-])o2)C1. The maximum atomic E-state index is 12.3. The first-order valence-corrected chi connectivity index (χ1v) is 8.34. The number of carbonyl (C=O) groups excluding carboxylic acids is 2. The predicted molar refractivity (Wildman–Crippen MR) is 86.5 cm³/mol. The highest BCUT2D eigenvalue weighted by molar-refractivity contribution is 5.97. The Morgan fingerprint density at radius 2 is 2.04 bits per heavy atom. The van der Waals surface area contributed by atoms with E-state index in [4.69, 9.17) is 8.94 Å². The van der Waals surface area contributed by atoms with Gasteiger partial charge in [0.1, 0.15) is 4.92 Å². The number of carbonyl (C=O) groups is 2. The van der Waals surface area contributed by atoms with Crippen LogP contribution in [0.3, 0.4) is 0 Å². The van der Waals surface area contributed by atoms with Crippen LogP contribution < -0.4 is 5.32 Å². The molecule has 1 N–H and O–H groups in total. The van der Waals surface area contributed by atoms with Gasteiger partial charge >= 0.3 is 5.88 Å². The van der Waals surface area contributed by atoms with Crippen LogP contribution in [-0.4, -0.2) is 39.9 Å². The zero-order valence-corrected chi connectivity index (χ0v) is 13.8. The van der Waals surface area contributed by atoms with Crippen LogP contribution in [0.15, 0.2) is 21.1 Å². The Kier molecular flexibility index (Phi) is 3.94. The lowest BCUT2D eigenvalue weighted by Gasteiger charge is -2.37. The van der Waals surface area contributed by atoms with Crippen molar-refractivity contribution in [3.05, 3.63) is 39.3 Å². The van der Waals surface area contributed by atoms with E-state index in [1.807, 2.05) is 0 Å². The zero-order valence-electron chi connectivity index (χ0n) is 13.8. The molecule has 10 heteroatoms. The molecular formula is C16H16N4O6. The summed E-state index contributed by atoms with van der Waals surface area (Å²) in [6.45, 7) is 0.435. The number of furan rings is 1. The van der Waals surface area contributed by atoms with E-state index in [1.165, 1.54) is 11.0 Å². The van der Waals surface area contributed by atoms with Gasteiger partial charge in [-0.15, -0.1) is 0 Å². The molecule has 0 aromatic carbocycles. The molecule has 2 aromatic heterocycles. The molecular weight excluding hydrogens is 344 g/mol. The summed E-state index contributed by atoms with van der Waals surface area (Å²) in [5, 5.41) is 17.3. The highest BCUT2D eigenvalue weighted by Crippen LogP contribution is 2.29. The Labute approximate surface area is 147 Å². The van der Waals surface area contributed by atoms with Gasteiger partial charge in [0.05, 0.1) is 17.7 Å². The predicted octanol–water partition coefficient (Wildman–Crippen LogP) is 1.77. The Morgan fingerprint density at radius 3 is 2.77 bits per heavy atom. The number of likely N-dealkylation sites (tertiary alicyclic amines) is 1. The highest BCUT2D eigenvalue weighted by atomic mass is 16.6. The van der Waals surface area contributed by atoms with Crippen LogP contribution >= 0.6 is 0 Å². The van der Waals surface area contributed by atoms with Gasteiger partial charge in [-0.05, 0) is 31.7 Å². The first-order valence-electron chi connectivity index (χ1n) is 8.34. The first kappa shape index (κ1) is 16.3. The molecule has 10 nitrogen and oxygen atoms in total. The lowest BCUT2D eigenvalue weighted by Crippen LogP contribution is -2.54. The van der Waals surface area contributed by atoms with Crippen LogP contribution in [0, 0.1) is 16.0 Å². The Morgan fingerprint density at radius 1 is 1.27 bits per heavy atom. The van der Waals surface area contributed by atoms with Crippen molar-refractivity contribution in [2.75, 3.05) is 18.4 Å². The summed E-state index contributed by atoms with van der Waals surface area (Å²) in [7, 11) is 0. The summed E-state index contributed by atoms with van der Waals surface area (Å²) >= 11 is 0. The average Bonchev–Trinajstić information content (AvgIpc) is 3.21. The van der Waals surface area contributed by atoms with Gasteiger partial charge in [-0.2, -0.15) is 0 Å². The van der Waals surface area contributed by atoms with Crippen LogP contribution in [0.5, 0.6) is 0 Å². The first-order chi connectivity index (χ1) is 12.5. The molecule has 2 aromatic rings. The van der Waals surface area contributed by atoms with Crippen molar-refractivity contribution < 1.29 is 23.5 Å². The van der Waals surface area contributed by atoms with Crippen molar-refractivity contribution in [1.29, 1.82) is 0 Å². The number of rotatable bonds is 4. The molecule has 136 valence electrons. The van der Waals surface area contributed by atoms with E-state index < -0.39 is 16.7 Å². The molecule has 2 amide bonds. The number of fused-ring (bicyclic) bond motifs is 1. The minimum absolute atomic E-state index is 0.111. The third-order valence-electron chi connectivity index (χ3n) is 4.72. The number of hydrogen-bond acceptors (Lipinski definition) is 7. The van der Waals surface area contributed by atoms with Gasteiger partial charge in [0.2, 0.25) is 11.8 Å². The summed E-state index contributed by atoms with van der Waals surface area (Å²) in [5.74, 6) is -1.27. The van der Waals surface area contributed by atoms with Gasteiger partial charge in [-0.25, -0.2) is 0 Å². The number of anilines is 1. The van der Waals surface area contributed by atoms with Crippen LogP contribution in [0.25, 0.3) is 0 Å². The van der Waals surface area contributed by atoms with Crippen LogP contribution in [-0.2, 0) is 17.6 Å². The highest BCUT2D eigenvalue weighted by Gasteiger charge is 2.38. The monoisotopic (exact) mass is 360 g/mol. The van der Waals surface area contributed by atoms with E-state index >= 15 is 0 Å². The van der Waals surface area contributed by atoms with Crippen molar-refractivity contribution in [2.45, 2.75) is 25.7 Å². The summed E-state index contributed by atoms with van der Waals surface area (Å²) in [5.41, 5.74) is 1.86. The van der Waals surface area contributed by atoms with E-state index in [-0.39, 0.29) is 30.7 Å².